The van der Waals surface area contributed by atoms with E-state index in [0.29, 0.717) is 24.2 Å². The number of nitrogens with zero attached hydrogens (tertiary/aromatic N) is 3. The van der Waals surface area contributed by atoms with Gasteiger partial charge in [0.05, 0.1) is 11.9 Å². The maximum absolute atomic E-state index is 12.0. The van der Waals surface area contributed by atoms with Crippen molar-refractivity contribution in [1.82, 2.24) is 20.0 Å². The number of nitrogens with one attached hydrogen (secondary N) is 2. The standard InChI is InChI=1S/C16H29N5O/c1-12(2)15(21-7-5-13(3)6-8-21)10-17-16(22)19-14-9-18-20(4)11-14/h9,11-13,15H,5-8,10H2,1-4H3,(H2,17,19,22). The van der Waals surface area contributed by atoms with Gasteiger partial charge in [0.15, 0.2) is 0 Å². The molecule has 0 aromatic carbocycles. The van der Waals surface area contributed by atoms with Crippen molar-refractivity contribution in [3.63, 3.8) is 0 Å². The molecule has 0 radical (unpaired) electrons. The molecule has 1 aromatic heterocycles. The number of amides is 2. The summed E-state index contributed by atoms with van der Waals surface area (Å²) in [7, 11) is 1.83. The molecular formula is C16H29N5O. The van der Waals surface area contributed by atoms with Gasteiger partial charge in [-0.15, -0.1) is 0 Å². The van der Waals surface area contributed by atoms with E-state index in [9.17, 15) is 4.79 Å². The quantitative estimate of drug-likeness (QED) is 0.877. The van der Waals surface area contributed by atoms with E-state index < -0.39 is 0 Å². The molecule has 6 nitrogen and oxygen atoms in total. The molecule has 2 heterocycles. The minimum Gasteiger partial charge on any atom is -0.336 e. The maximum Gasteiger partial charge on any atom is 0.319 e. The van der Waals surface area contributed by atoms with Crippen molar-refractivity contribution < 1.29 is 4.79 Å². The molecule has 22 heavy (non-hydrogen) atoms. The summed E-state index contributed by atoms with van der Waals surface area (Å²) in [6.07, 6.45) is 5.94. The first-order valence-electron chi connectivity index (χ1n) is 8.23. The van der Waals surface area contributed by atoms with E-state index in [4.69, 9.17) is 0 Å². The lowest BCUT2D eigenvalue weighted by Crippen LogP contribution is -2.50. The van der Waals surface area contributed by atoms with Gasteiger partial charge < -0.3 is 10.6 Å². The van der Waals surface area contributed by atoms with Crippen molar-refractivity contribution in [2.75, 3.05) is 25.0 Å². The Morgan fingerprint density at radius 1 is 1.41 bits per heavy atom. The third-order valence-electron chi connectivity index (χ3n) is 4.49. The van der Waals surface area contributed by atoms with Crippen LogP contribution in [0.25, 0.3) is 0 Å². The number of carbonyl (C=O) groups excluding carboxylic acids is 1. The molecule has 2 N–H and O–H groups in total. The predicted octanol–water partition coefficient (Wildman–Crippen LogP) is 2.30. The van der Waals surface area contributed by atoms with Crippen LogP contribution in [0.2, 0.25) is 0 Å². The van der Waals surface area contributed by atoms with Crippen LogP contribution in [-0.4, -0.2) is 46.4 Å². The van der Waals surface area contributed by atoms with Crippen LogP contribution in [0, 0.1) is 11.8 Å². The largest absolute Gasteiger partial charge is 0.336 e. The summed E-state index contributed by atoms with van der Waals surface area (Å²) in [6.45, 7) is 9.72. The van der Waals surface area contributed by atoms with Crippen LogP contribution in [0.15, 0.2) is 12.4 Å². The normalized spacial score (nSPS) is 18.4. The van der Waals surface area contributed by atoms with Gasteiger partial charge in [0.1, 0.15) is 0 Å². The smallest absolute Gasteiger partial charge is 0.319 e. The van der Waals surface area contributed by atoms with Crippen LogP contribution < -0.4 is 10.6 Å². The summed E-state index contributed by atoms with van der Waals surface area (Å²) in [4.78, 5) is 14.5. The van der Waals surface area contributed by atoms with Crippen molar-refractivity contribution >= 4 is 11.7 Å². The summed E-state index contributed by atoms with van der Waals surface area (Å²) >= 11 is 0. The van der Waals surface area contributed by atoms with Gasteiger partial charge in [-0.1, -0.05) is 20.8 Å². The Morgan fingerprint density at radius 3 is 2.64 bits per heavy atom. The fourth-order valence-corrected chi connectivity index (χ4v) is 3.00. The molecule has 0 bridgehead atoms. The first kappa shape index (κ1) is 16.8. The molecule has 0 saturated carbocycles. The number of anilines is 1. The molecule has 1 fully saturated rings. The highest BCUT2D eigenvalue weighted by atomic mass is 16.2. The molecular weight excluding hydrogens is 278 g/mol. The van der Waals surface area contributed by atoms with Crippen molar-refractivity contribution in [3.8, 4) is 0 Å². The number of carbonyl (C=O) groups is 1. The second kappa shape index (κ2) is 7.63. The van der Waals surface area contributed by atoms with E-state index in [1.165, 1.54) is 12.8 Å². The Balaban J connectivity index is 1.82. The minimum atomic E-state index is -0.163. The molecule has 1 aromatic rings. The summed E-state index contributed by atoms with van der Waals surface area (Å²) in [5.74, 6) is 1.35. The number of rotatable bonds is 5. The molecule has 6 heteroatoms. The second-order valence-corrected chi connectivity index (χ2v) is 6.77. The number of aryl methyl sites for hydroxylation is 1. The summed E-state index contributed by atoms with van der Waals surface area (Å²) in [5.41, 5.74) is 0.716. The number of aromatic nitrogens is 2. The fourth-order valence-electron chi connectivity index (χ4n) is 3.00. The maximum atomic E-state index is 12.0. The molecule has 2 amide bonds. The second-order valence-electron chi connectivity index (χ2n) is 6.77. The molecule has 0 spiro atoms. The SMILES string of the molecule is CC1CCN(C(CNC(=O)Nc2cnn(C)c2)C(C)C)CC1. The van der Waals surface area contributed by atoms with Crippen molar-refractivity contribution in [2.45, 2.75) is 39.7 Å². The number of likely N-dealkylation sites (tertiary alicyclic amines) is 1. The molecule has 1 atom stereocenters. The van der Waals surface area contributed by atoms with Crippen LogP contribution in [0.3, 0.4) is 0 Å². The zero-order valence-electron chi connectivity index (χ0n) is 14.2. The molecule has 2 rings (SSSR count). The van der Waals surface area contributed by atoms with Crippen molar-refractivity contribution in [3.05, 3.63) is 12.4 Å². The number of hydrogen-bond acceptors (Lipinski definition) is 3. The van der Waals surface area contributed by atoms with Gasteiger partial charge in [0.2, 0.25) is 0 Å². The van der Waals surface area contributed by atoms with Gasteiger partial charge >= 0.3 is 6.03 Å². The zero-order chi connectivity index (χ0) is 16.1. The van der Waals surface area contributed by atoms with Gasteiger partial charge in [-0.3, -0.25) is 9.58 Å². The van der Waals surface area contributed by atoms with E-state index >= 15 is 0 Å². The molecule has 1 aliphatic rings. The van der Waals surface area contributed by atoms with Gasteiger partial charge in [-0.05, 0) is 37.8 Å². The summed E-state index contributed by atoms with van der Waals surface area (Å²) < 4.78 is 1.67. The highest BCUT2D eigenvalue weighted by Gasteiger charge is 2.25. The first-order chi connectivity index (χ1) is 10.5. The lowest BCUT2D eigenvalue weighted by atomic mass is 9.94. The highest BCUT2D eigenvalue weighted by Crippen LogP contribution is 2.21. The molecule has 1 saturated heterocycles. The van der Waals surface area contributed by atoms with E-state index in [0.717, 1.165) is 19.0 Å². The number of piperidine rings is 1. The minimum absolute atomic E-state index is 0.163. The fraction of sp³-hybridized carbons (Fsp3) is 0.750. The number of urea groups is 1. The topological polar surface area (TPSA) is 62.2 Å². The average molecular weight is 307 g/mol. The highest BCUT2D eigenvalue weighted by molar-refractivity contribution is 5.88. The van der Waals surface area contributed by atoms with Gasteiger partial charge in [0.25, 0.3) is 0 Å². The molecule has 124 valence electrons. The van der Waals surface area contributed by atoms with E-state index in [-0.39, 0.29) is 6.03 Å². The van der Waals surface area contributed by atoms with Gasteiger partial charge in [0, 0.05) is 25.8 Å². The van der Waals surface area contributed by atoms with E-state index in [1.54, 1.807) is 17.1 Å². The monoisotopic (exact) mass is 307 g/mol. The van der Waals surface area contributed by atoms with Crippen LogP contribution in [0.4, 0.5) is 10.5 Å². The third kappa shape index (κ3) is 4.73. The molecule has 1 aliphatic heterocycles. The van der Waals surface area contributed by atoms with E-state index in [1.807, 2.05) is 7.05 Å². The molecule has 1 unspecified atom stereocenters. The lowest BCUT2D eigenvalue weighted by molar-refractivity contribution is 0.108. The van der Waals surface area contributed by atoms with Crippen LogP contribution in [0.5, 0.6) is 0 Å². The van der Waals surface area contributed by atoms with Gasteiger partial charge in [-0.25, -0.2) is 4.79 Å². The Hall–Kier alpha value is -1.56. The molecule has 0 aliphatic carbocycles. The van der Waals surface area contributed by atoms with E-state index in [2.05, 4.69) is 41.4 Å². The summed E-state index contributed by atoms with van der Waals surface area (Å²) in [6, 6.07) is 0.233. The third-order valence-corrected chi connectivity index (χ3v) is 4.49. The van der Waals surface area contributed by atoms with Crippen LogP contribution >= 0.6 is 0 Å². The van der Waals surface area contributed by atoms with Crippen LogP contribution in [0.1, 0.15) is 33.6 Å². The lowest BCUT2D eigenvalue weighted by Gasteiger charge is -2.38. The Bertz CT molecular complexity index is 477. The van der Waals surface area contributed by atoms with Crippen molar-refractivity contribution in [1.29, 1.82) is 0 Å². The number of hydrogen-bond donors (Lipinski definition) is 2. The van der Waals surface area contributed by atoms with Crippen LogP contribution in [-0.2, 0) is 7.05 Å². The first-order valence-corrected chi connectivity index (χ1v) is 8.23. The Labute approximate surface area is 133 Å². The Kier molecular flexibility index (Phi) is 5.83. The average Bonchev–Trinajstić information content (AvgIpc) is 2.86. The Morgan fingerprint density at radius 2 is 2.09 bits per heavy atom. The van der Waals surface area contributed by atoms with Gasteiger partial charge in [-0.2, -0.15) is 5.10 Å². The van der Waals surface area contributed by atoms with Crippen molar-refractivity contribution in [2.24, 2.45) is 18.9 Å². The zero-order valence-corrected chi connectivity index (χ0v) is 14.2. The predicted molar refractivity (Wildman–Crippen MR) is 88.8 cm³/mol. The summed E-state index contributed by atoms with van der Waals surface area (Å²) in [5, 5.41) is 9.86.